The second-order valence-electron chi connectivity index (χ2n) is 9.93. The van der Waals surface area contributed by atoms with E-state index >= 15 is 0 Å². The molecular formula is C25H34N6O5. The van der Waals surface area contributed by atoms with Crippen LogP contribution in [0.2, 0.25) is 0 Å². The van der Waals surface area contributed by atoms with Gasteiger partial charge in [0.15, 0.2) is 17.3 Å². The van der Waals surface area contributed by atoms with Gasteiger partial charge in [-0.15, -0.1) is 5.10 Å². The number of nitrogens with zero attached hydrogens (tertiary/aromatic N) is 5. The molecule has 0 aliphatic carbocycles. The Morgan fingerprint density at radius 2 is 1.81 bits per heavy atom. The van der Waals surface area contributed by atoms with Crippen LogP contribution in [0.4, 0.5) is 0 Å². The molecule has 3 aromatic rings. The smallest absolute Gasteiger partial charge is 0.309 e. The second kappa shape index (κ2) is 10.3. The molecule has 2 aromatic heterocycles. The van der Waals surface area contributed by atoms with Crippen molar-refractivity contribution in [2.24, 2.45) is 5.92 Å². The SMILES string of the molecule is CCOC(=O)C1CCN([C@@H](c2cc3cc(OC)c(OC)cc3[nH]c2=O)c2nnnn2C(C)(C)C)CC1. The van der Waals surface area contributed by atoms with Crippen LogP contribution in [-0.4, -0.2) is 70.0 Å². The number of aromatic amines is 1. The Morgan fingerprint density at radius 3 is 2.42 bits per heavy atom. The zero-order chi connectivity index (χ0) is 26.0. The number of piperidine rings is 1. The number of carbonyl (C=O) groups excluding carboxylic acids is 1. The molecule has 3 heterocycles. The van der Waals surface area contributed by atoms with Crippen LogP contribution >= 0.6 is 0 Å². The number of tetrazole rings is 1. The highest BCUT2D eigenvalue weighted by molar-refractivity contribution is 5.83. The van der Waals surface area contributed by atoms with Crippen LogP contribution in [0, 0.1) is 5.92 Å². The van der Waals surface area contributed by atoms with Crippen molar-refractivity contribution in [3.8, 4) is 11.5 Å². The van der Waals surface area contributed by atoms with Gasteiger partial charge in [-0.05, 0) is 63.1 Å². The number of benzene rings is 1. The number of carbonyl (C=O) groups is 1. The Balaban J connectivity index is 1.81. The maximum atomic E-state index is 13.5. The minimum atomic E-state index is -0.511. The molecule has 194 valence electrons. The fraction of sp³-hybridized carbons (Fsp3) is 0.560. The summed E-state index contributed by atoms with van der Waals surface area (Å²) in [6.07, 6.45) is 1.26. The highest BCUT2D eigenvalue weighted by Crippen LogP contribution is 2.35. The third kappa shape index (κ3) is 4.92. The maximum Gasteiger partial charge on any atom is 0.309 e. The number of pyridine rings is 1. The first-order chi connectivity index (χ1) is 17.2. The van der Waals surface area contributed by atoms with E-state index in [0.717, 1.165) is 5.39 Å². The summed E-state index contributed by atoms with van der Waals surface area (Å²) in [6, 6.07) is 4.94. The van der Waals surface area contributed by atoms with E-state index in [1.807, 2.05) is 39.8 Å². The number of ether oxygens (including phenoxy) is 3. The van der Waals surface area contributed by atoms with E-state index in [2.05, 4.69) is 25.4 Å². The molecule has 0 bridgehead atoms. The van der Waals surface area contributed by atoms with Gasteiger partial charge in [-0.3, -0.25) is 14.5 Å². The Kier molecular flexibility index (Phi) is 7.30. The molecule has 0 saturated carbocycles. The molecule has 1 saturated heterocycles. The molecule has 11 heteroatoms. The van der Waals surface area contributed by atoms with Crippen molar-refractivity contribution in [3.63, 3.8) is 0 Å². The van der Waals surface area contributed by atoms with Crippen molar-refractivity contribution in [3.05, 3.63) is 39.9 Å². The third-order valence-corrected chi connectivity index (χ3v) is 6.56. The Morgan fingerprint density at radius 1 is 1.14 bits per heavy atom. The predicted molar refractivity (Wildman–Crippen MR) is 133 cm³/mol. The number of fused-ring (bicyclic) bond motifs is 1. The molecule has 1 aliphatic rings. The molecule has 11 nitrogen and oxygen atoms in total. The average molecular weight is 499 g/mol. The van der Waals surface area contributed by atoms with Crippen LogP contribution in [-0.2, 0) is 15.1 Å². The second-order valence-corrected chi connectivity index (χ2v) is 9.93. The van der Waals surface area contributed by atoms with Crippen LogP contribution in [0.1, 0.15) is 58.0 Å². The quantitative estimate of drug-likeness (QED) is 0.490. The van der Waals surface area contributed by atoms with Crippen molar-refractivity contribution in [1.29, 1.82) is 0 Å². The molecule has 0 spiro atoms. The van der Waals surface area contributed by atoms with Crippen molar-refractivity contribution < 1.29 is 19.0 Å². The van der Waals surface area contributed by atoms with E-state index in [1.165, 1.54) is 0 Å². The number of H-pyrrole nitrogens is 1. The molecule has 4 rings (SSSR count). The third-order valence-electron chi connectivity index (χ3n) is 6.56. The molecule has 1 atom stereocenters. The van der Waals surface area contributed by atoms with Gasteiger partial charge in [-0.2, -0.15) is 0 Å². The molecule has 1 N–H and O–H groups in total. The van der Waals surface area contributed by atoms with Crippen LogP contribution in [0.15, 0.2) is 23.0 Å². The van der Waals surface area contributed by atoms with Crippen LogP contribution in [0.25, 0.3) is 10.9 Å². The lowest BCUT2D eigenvalue weighted by Gasteiger charge is -2.37. The molecule has 1 aromatic carbocycles. The van der Waals surface area contributed by atoms with Gasteiger partial charge in [0.05, 0.1) is 37.8 Å². The number of aromatic nitrogens is 5. The summed E-state index contributed by atoms with van der Waals surface area (Å²) in [6.45, 7) is 9.40. The number of nitrogens with one attached hydrogen (secondary N) is 1. The van der Waals surface area contributed by atoms with E-state index in [4.69, 9.17) is 14.2 Å². The topological polar surface area (TPSA) is 124 Å². The van der Waals surface area contributed by atoms with Crippen molar-refractivity contribution in [2.75, 3.05) is 33.9 Å². The van der Waals surface area contributed by atoms with Gasteiger partial charge in [0, 0.05) is 30.1 Å². The summed E-state index contributed by atoms with van der Waals surface area (Å²) in [5.74, 6) is 1.34. The Bertz CT molecular complexity index is 1290. The molecule has 1 fully saturated rings. The van der Waals surface area contributed by atoms with Crippen LogP contribution < -0.4 is 15.0 Å². The number of methoxy groups -OCH3 is 2. The highest BCUT2D eigenvalue weighted by atomic mass is 16.5. The number of rotatable bonds is 7. The van der Waals surface area contributed by atoms with E-state index in [-0.39, 0.29) is 17.4 Å². The fourth-order valence-electron chi connectivity index (χ4n) is 4.75. The summed E-state index contributed by atoms with van der Waals surface area (Å²) in [5, 5.41) is 13.4. The number of hydrogen-bond acceptors (Lipinski definition) is 9. The first-order valence-corrected chi connectivity index (χ1v) is 12.2. The van der Waals surface area contributed by atoms with E-state index in [9.17, 15) is 9.59 Å². The van der Waals surface area contributed by atoms with Crippen LogP contribution in [0.5, 0.6) is 11.5 Å². The highest BCUT2D eigenvalue weighted by Gasteiger charge is 2.36. The van der Waals surface area contributed by atoms with Gasteiger partial charge in [0.1, 0.15) is 6.04 Å². The summed E-state index contributed by atoms with van der Waals surface area (Å²) >= 11 is 0. The Hall–Kier alpha value is -3.47. The normalized spacial score (nSPS) is 16.2. The minimum absolute atomic E-state index is 0.160. The van der Waals surface area contributed by atoms with Crippen molar-refractivity contribution in [2.45, 2.75) is 52.1 Å². The molecular weight excluding hydrogens is 464 g/mol. The minimum Gasteiger partial charge on any atom is -0.493 e. The largest absolute Gasteiger partial charge is 0.493 e. The van der Waals surface area contributed by atoms with Gasteiger partial charge >= 0.3 is 5.97 Å². The van der Waals surface area contributed by atoms with Gasteiger partial charge < -0.3 is 19.2 Å². The number of likely N-dealkylation sites (tertiary alicyclic amines) is 1. The molecule has 0 radical (unpaired) electrons. The number of esters is 1. The summed E-state index contributed by atoms with van der Waals surface area (Å²) < 4.78 is 17.9. The van der Waals surface area contributed by atoms with Crippen molar-refractivity contribution in [1.82, 2.24) is 30.1 Å². The van der Waals surface area contributed by atoms with E-state index in [1.54, 1.807) is 25.0 Å². The fourth-order valence-corrected chi connectivity index (χ4v) is 4.75. The predicted octanol–water partition coefficient (Wildman–Crippen LogP) is 2.65. The standard InChI is InChI=1S/C25H34N6O5/c1-7-36-24(33)15-8-10-30(11-9-15)21(22-27-28-29-31(22)25(2,3)4)17-12-16-13-19(34-5)20(35-6)14-18(16)26-23(17)32/h12-15,21H,7-11H2,1-6H3,(H,26,32)/t21-/m0/s1. The molecule has 0 amide bonds. The van der Waals surface area contributed by atoms with Gasteiger partial charge in [-0.1, -0.05) is 0 Å². The van der Waals surface area contributed by atoms with Gasteiger partial charge in [0.25, 0.3) is 5.56 Å². The summed E-state index contributed by atoms with van der Waals surface area (Å²) in [5.41, 5.74) is 0.512. The van der Waals surface area contributed by atoms with Crippen molar-refractivity contribution >= 4 is 16.9 Å². The maximum absolute atomic E-state index is 13.5. The monoisotopic (exact) mass is 498 g/mol. The van der Waals surface area contributed by atoms with Gasteiger partial charge in [-0.25, -0.2) is 4.68 Å². The number of hydrogen-bond donors (Lipinski definition) is 1. The molecule has 0 unspecified atom stereocenters. The first-order valence-electron chi connectivity index (χ1n) is 12.2. The van der Waals surface area contributed by atoms with Crippen LogP contribution in [0.3, 0.4) is 0 Å². The lowest BCUT2D eigenvalue weighted by Crippen LogP contribution is -2.43. The zero-order valence-corrected chi connectivity index (χ0v) is 21.7. The lowest BCUT2D eigenvalue weighted by molar-refractivity contribution is -0.149. The zero-order valence-electron chi connectivity index (χ0n) is 21.7. The summed E-state index contributed by atoms with van der Waals surface area (Å²) in [4.78, 5) is 31.0. The van der Waals surface area contributed by atoms with E-state index < -0.39 is 11.6 Å². The molecule has 1 aliphatic heterocycles. The van der Waals surface area contributed by atoms with E-state index in [0.29, 0.717) is 60.9 Å². The van der Waals surface area contributed by atoms with Gasteiger partial charge in [0.2, 0.25) is 0 Å². The lowest BCUT2D eigenvalue weighted by atomic mass is 9.93. The average Bonchev–Trinajstić information content (AvgIpc) is 3.34. The summed E-state index contributed by atoms with van der Waals surface area (Å²) in [7, 11) is 3.13. The Labute approximate surface area is 209 Å². The first kappa shape index (κ1) is 25.6. The molecule has 36 heavy (non-hydrogen) atoms.